The van der Waals surface area contributed by atoms with E-state index in [4.69, 9.17) is 0 Å². The predicted molar refractivity (Wildman–Crippen MR) is 81.6 cm³/mol. The summed E-state index contributed by atoms with van der Waals surface area (Å²) in [6, 6.07) is 0. The summed E-state index contributed by atoms with van der Waals surface area (Å²) >= 11 is 0. The van der Waals surface area contributed by atoms with Crippen LogP contribution in [-0.4, -0.2) is 25.6 Å². The van der Waals surface area contributed by atoms with Crippen LogP contribution in [0.5, 0.6) is 0 Å². The molecule has 94 valence electrons. The molecule has 16 heavy (non-hydrogen) atoms. The first-order valence-corrected chi connectivity index (χ1v) is 6.00. The molecular weight excluding hydrogens is 313 g/mol. The van der Waals surface area contributed by atoms with Gasteiger partial charge >= 0.3 is 0 Å². The van der Waals surface area contributed by atoms with E-state index in [-0.39, 0.29) is 24.0 Å². The molecule has 0 aromatic carbocycles. The minimum absolute atomic E-state index is 0. The molecule has 0 bridgehead atoms. The molecule has 0 unspecified atom stereocenters. The van der Waals surface area contributed by atoms with E-state index in [1.165, 1.54) is 12.8 Å². The van der Waals surface area contributed by atoms with Crippen molar-refractivity contribution in [1.29, 1.82) is 0 Å². The second kappa shape index (κ2) is 9.93. The van der Waals surface area contributed by atoms with E-state index in [0.29, 0.717) is 0 Å². The Hall–Kier alpha value is -0.260. The van der Waals surface area contributed by atoms with Crippen LogP contribution in [0.25, 0.3) is 0 Å². The zero-order valence-electron chi connectivity index (χ0n) is 10.3. The summed E-state index contributed by atoms with van der Waals surface area (Å²) in [5, 5.41) is 6.58. The van der Waals surface area contributed by atoms with Gasteiger partial charge in [-0.15, -0.1) is 24.0 Å². The lowest BCUT2D eigenvalue weighted by molar-refractivity contribution is 0.782. The Bertz CT molecular complexity index is 222. The number of halogens is 1. The first-order chi connectivity index (χ1) is 7.36. The summed E-state index contributed by atoms with van der Waals surface area (Å²) in [5.74, 6) is 1.82. The number of guanidine groups is 1. The normalized spacial score (nSPS) is 16.0. The number of hydrogen-bond donors (Lipinski definition) is 2. The standard InChI is InChI=1S/C12H23N3.HI/c1-3-5-6-9-14-12(13-4-2)15-10-11-7-8-11;/h3,5,11H,4,6-10H2,1-2H3,(H2,13,14,15);1H. The molecule has 0 heterocycles. The van der Waals surface area contributed by atoms with Crippen LogP contribution in [0.15, 0.2) is 17.1 Å². The third kappa shape index (κ3) is 7.96. The Labute approximate surface area is 116 Å². The molecule has 0 radical (unpaired) electrons. The van der Waals surface area contributed by atoms with Crippen molar-refractivity contribution in [1.82, 2.24) is 10.6 Å². The molecule has 0 atom stereocenters. The summed E-state index contributed by atoms with van der Waals surface area (Å²) < 4.78 is 0. The van der Waals surface area contributed by atoms with Gasteiger partial charge in [-0.1, -0.05) is 12.2 Å². The van der Waals surface area contributed by atoms with E-state index in [9.17, 15) is 0 Å². The van der Waals surface area contributed by atoms with E-state index >= 15 is 0 Å². The first kappa shape index (κ1) is 15.7. The highest BCUT2D eigenvalue weighted by molar-refractivity contribution is 14.0. The highest BCUT2D eigenvalue weighted by atomic mass is 127. The number of aliphatic imine (C=N–C) groups is 1. The van der Waals surface area contributed by atoms with Crippen LogP contribution >= 0.6 is 24.0 Å². The highest BCUT2D eigenvalue weighted by Crippen LogP contribution is 2.28. The van der Waals surface area contributed by atoms with Gasteiger partial charge in [-0.2, -0.15) is 0 Å². The smallest absolute Gasteiger partial charge is 0.191 e. The highest BCUT2D eigenvalue weighted by Gasteiger charge is 2.20. The number of nitrogens with one attached hydrogen (secondary N) is 2. The summed E-state index contributed by atoms with van der Waals surface area (Å²) in [7, 11) is 0. The summed E-state index contributed by atoms with van der Waals surface area (Å²) in [6.07, 6.45) is 8.03. The quantitative estimate of drug-likeness (QED) is 0.257. The van der Waals surface area contributed by atoms with Crippen LogP contribution in [0.3, 0.4) is 0 Å². The largest absolute Gasteiger partial charge is 0.357 e. The summed E-state index contributed by atoms with van der Waals surface area (Å²) in [4.78, 5) is 4.54. The Kier molecular flexibility index (Phi) is 9.77. The van der Waals surface area contributed by atoms with Crippen molar-refractivity contribution >= 4 is 29.9 Å². The lowest BCUT2D eigenvalue weighted by atomic mass is 10.4. The van der Waals surface area contributed by atoms with Crippen LogP contribution in [0.2, 0.25) is 0 Å². The summed E-state index contributed by atoms with van der Waals surface area (Å²) in [6.45, 7) is 7.02. The molecule has 0 aromatic rings. The van der Waals surface area contributed by atoms with Gasteiger partial charge in [0.25, 0.3) is 0 Å². The first-order valence-electron chi connectivity index (χ1n) is 6.00. The molecule has 0 aliphatic heterocycles. The van der Waals surface area contributed by atoms with E-state index in [2.05, 4.69) is 34.7 Å². The molecule has 1 saturated carbocycles. The molecule has 4 heteroatoms. The molecule has 2 N–H and O–H groups in total. The zero-order chi connectivity index (χ0) is 10.9. The van der Waals surface area contributed by atoms with Crippen molar-refractivity contribution in [3.63, 3.8) is 0 Å². The van der Waals surface area contributed by atoms with Gasteiger partial charge in [0.2, 0.25) is 0 Å². The number of rotatable bonds is 6. The van der Waals surface area contributed by atoms with Gasteiger partial charge in [-0.05, 0) is 39.0 Å². The molecule has 1 aliphatic carbocycles. The lowest BCUT2D eigenvalue weighted by Crippen LogP contribution is -2.37. The second-order valence-corrected chi connectivity index (χ2v) is 3.95. The third-order valence-corrected chi connectivity index (χ3v) is 2.39. The zero-order valence-corrected chi connectivity index (χ0v) is 12.7. The van der Waals surface area contributed by atoms with Gasteiger partial charge in [-0.25, -0.2) is 0 Å². The van der Waals surface area contributed by atoms with Crippen LogP contribution < -0.4 is 10.6 Å². The van der Waals surface area contributed by atoms with Crippen LogP contribution in [0.1, 0.15) is 33.1 Å². The fourth-order valence-corrected chi connectivity index (χ4v) is 1.30. The van der Waals surface area contributed by atoms with E-state index in [0.717, 1.165) is 37.9 Å². The minimum atomic E-state index is 0. The van der Waals surface area contributed by atoms with Gasteiger partial charge < -0.3 is 10.6 Å². The predicted octanol–water partition coefficient (Wildman–Crippen LogP) is 2.54. The molecular formula is C12H24IN3. The molecule has 0 amide bonds. The van der Waals surface area contributed by atoms with Crippen LogP contribution in [0.4, 0.5) is 0 Å². The molecule has 0 saturated heterocycles. The van der Waals surface area contributed by atoms with Crippen molar-refractivity contribution in [2.24, 2.45) is 10.9 Å². The van der Waals surface area contributed by atoms with Gasteiger partial charge in [0.15, 0.2) is 5.96 Å². The monoisotopic (exact) mass is 337 g/mol. The van der Waals surface area contributed by atoms with Crippen molar-refractivity contribution in [2.75, 3.05) is 19.6 Å². The maximum absolute atomic E-state index is 4.54. The van der Waals surface area contributed by atoms with Crippen molar-refractivity contribution in [3.8, 4) is 0 Å². The number of nitrogens with zero attached hydrogens (tertiary/aromatic N) is 1. The van der Waals surface area contributed by atoms with E-state index in [1.807, 2.05) is 6.92 Å². The van der Waals surface area contributed by atoms with Gasteiger partial charge in [0.1, 0.15) is 0 Å². The van der Waals surface area contributed by atoms with Gasteiger partial charge in [-0.3, -0.25) is 4.99 Å². The second-order valence-electron chi connectivity index (χ2n) is 3.95. The van der Waals surface area contributed by atoms with Crippen molar-refractivity contribution < 1.29 is 0 Å². The maximum atomic E-state index is 4.54. The van der Waals surface area contributed by atoms with E-state index < -0.39 is 0 Å². The van der Waals surface area contributed by atoms with Gasteiger partial charge in [0, 0.05) is 19.6 Å². The topological polar surface area (TPSA) is 36.4 Å². The molecule has 3 nitrogen and oxygen atoms in total. The Balaban J connectivity index is 0.00000225. The Morgan fingerprint density at radius 3 is 2.69 bits per heavy atom. The fourth-order valence-electron chi connectivity index (χ4n) is 1.30. The Morgan fingerprint density at radius 1 is 1.38 bits per heavy atom. The average molecular weight is 337 g/mol. The number of hydrogen-bond acceptors (Lipinski definition) is 1. The molecule has 1 rings (SSSR count). The molecule has 1 fully saturated rings. The number of allylic oxidation sites excluding steroid dienone is 1. The van der Waals surface area contributed by atoms with E-state index in [1.54, 1.807) is 0 Å². The molecule has 1 aliphatic rings. The summed E-state index contributed by atoms with van der Waals surface area (Å²) in [5.41, 5.74) is 0. The maximum Gasteiger partial charge on any atom is 0.191 e. The molecule has 0 aromatic heterocycles. The minimum Gasteiger partial charge on any atom is -0.357 e. The third-order valence-electron chi connectivity index (χ3n) is 2.39. The average Bonchev–Trinajstić information content (AvgIpc) is 3.04. The van der Waals surface area contributed by atoms with Crippen LogP contribution in [0, 0.1) is 5.92 Å². The fraction of sp³-hybridized carbons (Fsp3) is 0.750. The lowest BCUT2D eigenvalue weighted by Gasteiger charge is -2.09. The van der Waals surface area contributed by atoms with Crippen LogP contribution in [-0.2, 0) is 0 Å². The van der Waals surface area contributed by atoms with Gasteiger partial charge in [0.05, 0.1) is 0 Å². The SMILES string of the molecule is CC=CCCNC(=NCC1CC1)NCC.I. The van der Waals surface area contributed by atoms with Crippen molar-refractivity contribution in [2.45, 2.75) is 33.1 Å². The Morgan fingerprint density at radius 2 is 2.12 bits per heavy atom. The molecule has 0 spiro atoms. The van der Waals surface area contributed by atoms with Crippen molar-refractivity contribution in [3.05, 3.63) is 12.2 Å².